The number of aromatic nitrogens is 1. The van der Waals surface area contributed by atoms with E-state index in [0.29, 0.717) is 18.4 Å². The number of hydrogen-bond donors (Lipinski definition) is 2. The number of ketones is 1. The quantitative estimate of drug-likeness (QED) is 0.817. The molecule has 24 heavy (non-hydrogen) atoms. The lowest BCUT2D eigenvalue weighted by Crippen LogP contribution is -3.15. The van der Waals surface area contributed by atoms with Gasteiger partial charge in [-0.3, -0.25) is 9.59 Å². The van der Waals surface area contributed by atoms with Crippen molar-refractivity contribution in [3.05, 3.63) is 35.5 Å². The number of H-pyrrole nitrogens is 1. The van der Waals surface area contributed by atoms with Crippen LogP contribution < -0.4 is 4.90 Å². The Morgan fingerprint density at radius 3 is 2.62 bits per heavy atom. The van der Waals surface area contributed by atoms with Crippen molar-refractivity contribution in [2.45, 2.75) is 19.8 Å². The Bertz CT molecular complexity index is 783. The van der Waals surface area contributed by atoms with Gasteiger partial charge in [0, 0.05) is 22.5 Å². The van der Waals surface area contributed by atoms with Crippen LogP contribution in [0.1, 0.15) is 28.9 Å². The van der Waals surface area contributed by atoms with E-state index in [9.17, 15) is 9.59 Å². The molecule has 1 amide bonds. The fourth-order valence-corrected chi connectivity index (χ4v) is 3.76. The first-order chi connectivity index (χ1) is 11.6. The number of para-hydroxylation sites is 1. The molecule has 2 fully saturated rings. The number of nitrogens with zero attached hydrogens (tertiary/aromatic N) is 1. The number of nitrogens with one attached hydrogen (secondary N) is 2. The highest BCUT2D eigenvalue weighted by atomic mass is 16.2. The van der Waals surface area contributed by atoms with E-state index in [-0.39, 0.29) is 5.78 Å². The van der Waals surface area contributed by atoms with Gasteiger partial charge in [-0.2, -0.15) is 0 Å². The van der Waals surface area contributed by atoms with Crippen LogP contribution in [0.5, 0.6) is 0 Å². The fourth-order valence-electron chi connectivity index (χ4n) is 3.76. The summed E-state index contributed by atoms with van der Waals surface area (Å²) in [5.41, 5.74) is 2.80. The average Bonchev–Trinajstić information content (AvgIpc) is 3.37. The second kappa shape index (κ2) is 6.06. The zero-order valence-electron chi connectivity index (χ0n) is 14.1. The minimum atomic E-state index is 0.196. The predicted octanol–water partition coefficient (Wildman–Crippen LogP) is 0.796. The van der Waals surface area contributed by atoms with Crippen molar-refractivity contribution in [1.29, 1.82) is 0 Å². The summed E-state index contributed by atoms with van der Waals surface area (Å²) in [6.07, 6.45) is 2.12. The highest BCUT2D eigenvalue weighted by Gasteiger charge is 2.35. The van der Waals surface area contributed by atoms with Crippen molar-refractivity contribution >= 4 is 22.6 Å². The number of amides is 1. The number of carbonyl (C=O) groups excluding carboxylic acids is 2. The molecular weight excluding hydrogens is 302 g/mol. The van der Waals surface area contributed by atoms with Crippen LogP contribution in [0.2, 0.25) is 0 Å². The van der Waals surface area contributed by atoms with Gasteiger partial charge in [-0.15, -0.1) is 0 Å². The molecule has 0 radical (unpaired) electrons. The van der Waals surface area contributed by atoms with E-state index in [1.807, 2.05) is 36.1 Å². The average molecular weight is 326 g/mol. The minimum absolute atomic E-state index is 0.196. The molecule has 5 nitrogen and oxygen atoms in total. The number of quaternary nitrogens is 1. The highest BCUT2D eigenvalue weighted by Crippen LogP contribution is 2.30. The van der Waals surface area contributed by atoms with Crippen molar-refractivity contribution < 1.29 is 14.5 Å². The fraction of sp³-hybridized carbons (Fsp3) is 0.474. The maximum atomic E-state index is 12.8. The lowest BCUT2D eigenvalue weighted by atomic mass is 10.1. The van der Waals surface area contributed by atoms with Gasteiger partial charge < -0.3 is 14.8 Å². The van der Waals surface area contributed by atoms with Crippen molar-refractivity contribution in [2.24, 2.45) is 5.92 Å². The summed E-state index contributed by atoms with van der Waals surface area (Å²) >= 11 is 0. The van der Waals surface area contributed by atoms with Crippen molar-refractivity contribution in [2.75, 3.05) is 32.7 Å². The molecular formula is C19H24N3O2+. The molecule has 1 aliphatic heterocycles. The summed E-state index contributed by atoms with van der Waals surface area (Å²) < 4.78 is 0. The number of fused-ring (bicyclic) bond motifs is 1. The predicted molar refractivity (Wildman–Crippen MR) is 92.2 cm³/mol. The third-order valence-electron chi connectivity index (χ3n) is 5.29. The number of aryl methyl sites for hydroxylation is 1. The first-order valence-corrected chi connectivity index (χ1v) is 8.86. The maximum Gasteiger partial charge on any atom is 0.226 e. The summed E-state index contributed by atoms with van der Waals surface area (Å²) in [5, 5.41) is 1.02. The molecule has 0 atom stereocenters. The maximum absolute atomic E-state index is 12.8. The molecule has 126 valence electrons. The smallest absolute Gasteiger partial charge is 0.226 e. The van der Waals surface area contributed by atoms with Crippen molar-refractivity contribution in [1.82, 2.24) is 9.88 Å². The number of rotatable bonds is 4. The molecule has 1 aliphatic carbocycles. The lowest BCUT2D eigenvalue weighted by Gasteiger charge is -2.32. The Morgan fingerprint density at radius 2 is 1.92 bits per heavy atom. The zero-order valence-corrected chi connectivity index (χ0v) is 14.1. The zero-order chi connectivity index (χ0) is 16.7. The molecule has 0 bridgehead atoms. The number of Topliss-reactive ketones (excluding diaryl/α,β-unsaturated/α-hetero) is 1. The van der Waals surface area contributed by atoms with E-state index >= 15 is 0 Å². The molecule has 0 spiro atoms. The van der Waals surface area contributed by atoms with Crippen LogP contribution >= 0.6 is 0 Å². The van der Waals surface area contributed by atoms with Crippen LogP contribution in [0, 0.1) is 12.8 Å². The molecule has 1 saturated heterocycles. The van der Waals surface area contributed by atoms with Gasteiger partial charge in [-0.05, 0) is 25.8 Å². The molecule has 2 heterocycles. The summed E-state index contributed by atoms with van der Waals surface area (Å²) in [6.45, 7) is 5.77. The Balaban J connectivity index is 1.41. The minimum Gasteiger partial charge on any atom is -0.358 e. The molecule has 2 N–H and O–H groups in total. The first-order valence-electron chi connectivity index (χ1n) is 8.86. The molecule has 1 saturated carbocycles. The van der Waals surface area contributed by atoms with Gasteiger partial charge in [0.15, 0.2) is 0 Å². The van der Waals surface area contributed by atoms with Crippen LogP contribution in [-0.2, 0) is 4.79 Å². The van der Waals surface area contributed by atoms with Crippen molar-refractivity contribution in [3.63, 3.8) is 0 Å². The van der Waals surface area contributed by atoms with E-state index in [1.54, 1.807) is 0 Å². The van der Waals surface area contributed by atoms with Gasteiger partial charge in [0.25, 0.3) is 0 Å². The highest BCUT2D eigenvalue weighted by molar-refractivity contribution is 6.09. The van der Waals surface area contributed by atoms with Crippen LogP contribution in [0.25, 0.3) is 10.9 Å². The number of piperazine rings is 1. The standard InChI is InChI=1S/C19H23N3O2/c1-13-18(15-4-2-3-5-16(15)20-13)17(23)12-21-8-10-22(11-9-21)19(24)14-6-7-14/h2-5,14,20H,6-12H2,1H3/p+1. The van der Waals surface area contributed by atoms with E-state index in [1.165, 1.54) is 4.90 Å². The SMILES string of the molecule is Cc1[nH]c2ccccc2c1C(=O)C[NH+]1CCN(C(=O)C2CC2)CC1. The van der Waals surface area contributed by atoms with Crippen molar-refractivity contribution in [3.8, 4) is 0 Å². The molecule has 2 aromatic rings. The topological polar surface area (TPSA) is 57.6 Å². The second-order valence-corrected chi connectivity index (χ2v) is 7.12. The van der Waals surface area contributed by atoms with Gasteiger partial charge in [0.05, 0.1) is 31.7 Å². The molecule has 5 heteroatoms. The summed E-state index contributed by atoms with van der Waals surface area (Å²) in [5.74, 6) is 0.817. The molecule has 4 rings (SSSR count). The Kier molecular flexibility index (Phi) is 3.88. The molecule has 2 aliphatic rings. The van der Waals surface area contributed by atoms with E-state index in [4.69, 9.17) is 0 Å². The van der Waals surface area contributed by atoms with Gasteiger partial charge in [-0.25, -0.2) is 0 Å². The van der Waals surface area contributed by atoms with E-state index < -0.39 is 0 Å². The van der Waals surface area contributed by atoms with Gasteiger partial charge >= 0.3 is 0 Å². The Morgan fingerprint density at radius 1 is 1.21 bits per heavy atom. The number of benzene rings is 1. The molecule has 1 aromatic heterocycles. The third kappa shape index (κ3) is 2.84. The van der Waals surface area contributed by atoms with Gasteiger partial charge in [0.2, 0.25) is 11.7 Å². The van der Waals surface area contributed by atoms with Gasteiger partial charge in [0.1, 0.15) is 6.54 Å². The van der Waals surface area contributed by atoms with E-state index in [0.717, 1.165) is 61.2 Å². The number of hydrogen-bond acceptors (Lipinski definition) is 2. The normalized spacial score (nSPS) is 19.0. The van der Waals surface area contributed by atoms with Crippen LogP contribution in [0.4, 0.5) is 0 Å². The summed E-state index contributed by atoms with van der Waals surface area (Å²) in [6, 6.07) is 7.97. The lowest BCUT2D eigenvalue weighted by molar-refractivity contribution is -0.895. The second-order valence-electron chi connectivity index (χ2n) is 7.12. The number of aromatic amines is 1. The largest absolute Gasteiger partial charge is 0.358 e. The van der Waals surface area contributed by atoms with Crippen LogP contribution in [0.3, 0.4) is 0 Å². The van der Waals surface area contributed by atoms with Gasteiger partial charge in [-0.1, -0.05) is 18.2 Å². The van der Waals surface area contributed by atoms with E-state index in [2.05, 4.69) is 4.98 Å². The molecule has 0 unspecified atom stereocenters. The Hall–Kier alpha value is -2.14. The van der Waals surface area contributed by atoms with Crippen LogP contribution in [0.15, 0.2) is 24.3 Å². The Labute approximate surface area is 141 Å². The first kappa shape index (κ1) is 15.4. The summed E-state index contributed by atoms with van der Waals surface area (Å²) in [4.78, 5) is 31.5. The number of carbonyl (C=O) groups is 2. The monoisotopic (exact) mass is 326 g/mol. The van der Waals surface area contributed by atoms with Crippen LogP contribution in [-0.4, -0.2) is 54.3 Å². The third-order valence-corrected chi connectivity index (χ3v) is 5.29. The summed E-state index contributed by atoms with van der Waals surface area (Å²) in [7, 11) is 0. The molecule has 1 aromatic carbocycles.